The molecule has 1 amide bonds. The predicted octanol–water partition coefficient (Wildman–Crippen LogP) is 3.88. The first-order valence-corrected chi connectivity index (χ1v) is 8.86. The van der Waals surface area contributed by atoms with Crippen LogP contribution in [0, 0.1) is 0 Å². The Balaban J connectivity index is 1.61. The van der Waals surface area contributed by atoms with Crippen LogP contribution in [0.5, 0.6) is 0 Å². The molecule has 25 heavy (non-hydrogen) atoms. The normalized spacial score (nSPS) is 11.9. The van der Waals surface area contributed by atoms with E-state index < -0.39 is 0 Å². The maximum absolute atomic E-state index is 12.5. The number of rotatable bonds is 6. The highest BCUT2D eigenvalue weighted by Crippen LogP contribution is 2.24. The zero-order valence-electron chi connectivity index (χ0n) is 14.1. The summed E-state index contributed by atoms with van der Waals surface area (Å²) in [6.07, 6.45) is 0. The number of carbonyl (C=O) groups excluding carboxylic acids is 1. The molecule has 0 saturated heterocycles. The Morgan fingerprint density at radius 1 is 1.12 bits per heavy atom. The van der Waals surface area contributed by atoms with Crippen LogP contribution in [0.15, 0.2) is 70.1 Å². The predicted molar refractivity (Wildman–Crippen MR) is 98.0 cm³/mol. The van der Waals surface area contributed by atoms with E-state index in [-0.39, 0.29) is 11.2 Å². The third-order valence-corrected chi connectivity index (χ3v) is 4.75. The summed E-state index contributed by atoms with van der Waals surface area (Å²) >= 11 is 1.53. The molecule has 0 fully saturated rings. The van der Waals surface area contributed by atoms with Crippen molar-refractivity contribution in [2.24, 2.45) is 0 Å². The van der Waals surface area contributed by atoms with Gasteiger partial charge in [-0.05, 0) is 19.1 Å². The summed E-state index contributed by atoms with van der Waals surface area (Å²) in [4.78, 5) is 19.6. The summed E-state index contributed by atoms with van der Waals surface area (Å²) in [5, 5.41) is 3.79. The SMILES string of the molecule is C[C@@H](Sc1ccccc1)C(=O)N(C)Cc1nc(-c2ccccc2)no1. The average molecular weight is 353 g/mol. The lowest BCUT2D eigenvalue weighted by Crippen LogP contribution is -2.32. The maximum atomic E-state index is 12.5. The lowest BCUT2D eigenvalue weighted by Gasteiger charge is -2.19. The minimum absolute atomic E-state index is 0.0216. The van der Waals surface area contributed by atoms with Gasteiger partial charge in [0.05, 0.1) is 11.8 Å². The quantitative estimate of drug-likeness (QED) is 0.630. The average Bonchev–Trinajstić information content (AvgIpc) is 3.11. The van der Waals surface area contributed by atoms with Crippen molar-refractivity contribution in [1.29, 1.82) is 0 Å². The molecule has 3 aromatic rings. The lowest BCUT2D eigenvalue weighted by atomic mass is 10.2. The fourth-order valence-electron chi connectivity index (χ4n) is 2.37. The van der Waals surface area contributed by atoms with Crippen LogP contribution >= 0.6 is 11.8 Å². The van der Waals surface area contributed by atoms with Crippen LogP contribution in [-0.2, 0) is 11.3 Å². The standard InChI is InChI=1S/C19H19N3O2S/c1-14(25-16-11-7-4-8-12-16)19(23)22(2)13-17-20-18(21-24-17)15-9-5-3-6-10-15/h3-12,14H,13H2,1-2H3/t14-/m1/s1. The van der Waals surface area contributed by atoms with Gasteiger partial charge in [-0.2, -0.15) is 4.98 Å². The summed E-state index contributed by atoms with van der Waals surface area (Å²) in [6, 6.07) is 19.5. The van der Waals surface area contributed by atoms with Crippen molar-refractivity contribution in [3.63, 3.8) is 0 Å². The molecule has 6 heteroatoms. The molecule has 0 aliphatic carbocycles. The summed E-state index contributed by atoms with van der Waals surface area (Å²) in [6.45, 7) is 2.19. The van der Waals surface area contributed by atoms with Crippen molar-refractivity contribution in [2.75, 3.05) is 7.05 Å². The van der Waals surface area contributed by atoms with Crippen molar-refractivity contribution in [3.05, 3.63) is 66.6 Å². The highest BCUT2D eigenvalue weighted by molar-refractivity contribution is 8.00. The van der Waals surface area contributed by atoms with Gasteiger partial charge in [-0.3, -0.25) is 4.79 Å². The van der Waals surface area contributed by atoms with E-state index in [2.05, 4.69) is 10.1 Å². The minimum Gasteiger partial charge on any atom is -0.337 e. The van der Waals surface area contributed by atoms with Crippen molar-refractivity contribution >= 4 is 17.7 Å². The lowest BCUT2D eigenvalue weighted by molar-refractivity contribution is -0.129. The highest BCUT2D eigenvalue weighted by atomic mass is 32.2. The van der Waals surface area contributed by atoms with Crippen molar-refractivity contribution in [1.82, 2.24) is 15.0 Å². The molecule has 3 rings (SSSR count). The van der Waals surface area contributed by atoms with E-state index in [1.165, 1.54) is 11.8 Å². The second-order valence-corrected chi connectivity index (χ2v) is 7.06. The Morgan fingerprint density at radius 2 is 1.76 bits per heavy atom. The van der Waals surface area contributed by atoms with E-state index >= 15 is 0 Å². The summed E-state index contributed by atoms with van der Waals surface area (Å²) in [5.41, 5.74) is 0.888. The van der Waals surface area contributed by atoms with Crippen molar-refractivity contribution in [2.45, 2.75) is 23.6 Å². The summed E-state index contributed by atoms with van der Waals surface area (Å²) in [7, 11) is 1.75. The summed E-state index contributed by atoms with van der Waals surface area (Å²) in [5.74, 6) is 0.975. The third kappa shape index (κ3) is 4.48. The molecule has 0 spiro atoms. The molecule has 5 nitrogen and oxygen atoms in total. The van der Waals surface area contributed by atoms with E-state index in [4.69, 9.17) is 4.52 Å². The second kappa shape index (κ2) is 7.98. The number of aromatic nitrogens is 2. The first-order valence-electron chi connectivity index (χ1n) is 7.98. The highest BCUT2D eigenvalue weighted by Gasteiger charge is 2.21. The van der Waals surface area contributed by atoms with Gasteiger partial charge >= 0.3 is 0 Å². The van der Waals surface area contributed by atoms with Crippen molar-refractivity contribution in [3.8, 4) is 11.4 Å². The molecule has 0 aliphatic rings. The second-order valence-electron chi connectivity index (χ2n) is 5.65. The maximum Gasteiger partial charge on any atom is 0.246 e. The fraction of sp³-hybridized carbons (Fsp3) is 0.211. The molecule has 0 bridgehead atoms. The van der Waals surface area contributed by atoms with E-state index in [9.17, 15) is 4.79 Å². The molecule has 1 heterocycles. The van der Waals surface area contributed by atoms with Gasteiger partial charge in [0.1, 0.15) is 0 Å². The summed E-state index contributed by atoms with van der Waals surface area (Å²) < 4.78 is 5.28. The van der Waals surface area contributed by atoms with E-state index in [0.29, 0.717) is 18.3 Å². The van der Waals surface area contributed by atoms with Crippen LogP contribution in [0.4, 0.5) is 0 Å². The first-order chi connectivity index (χ1) is 12.1. The van der Waals surface area contributed by atoms with Crippen LogP contribution in [0.2, 0.25) is 0 Å². The molecule has 1 atom stereocenters. The number of amides is 1. The van der Waals surface area contributed by atoms with E-state index in [1.54, 1.807) is 11.9 Å². The Kier molecular flexibility index (Phi) is 5.50. The number of thioether (sulfide) groups is 1. The monoisotopic (exact) mass is 353 g/mol. The van der Waals surface area contributed by atoms with Gasteiger partial charge < -0.3 is 9.42 Å². The van der Waals surface area contributed by atoms with Crippen LogP contribution in [-0.4, -0.2) is 33.2 Å². The first kappa shape index (κ1) is 17.2. The number of benzene rings is 2. The zero-order valence-corrected chi connectivity index (χ0v) is 14.9. The smallest absolute Gasteiger partial charge is 0.246 e. The molecule has 1 aromatic heterocycles. The van der Waals surface area contributed by atoms with Crippen LogP contribution < -0.4 is 0 Å². The molecular formula is C19H19N3O2S. The van der Waals surface area contributed by atoms with E-state index in [1.807, 2.05) is 67.6 Å². The molecular weight excluding hydrogens is 334 g/mol. The number of hydrogen-bond acceptors (Lipinski definition) is 5. The minimum atomic E-state index is -0.191. The van der Waals surface area contributed by atoms with Crippen LogP contribution in [0.1, 0.15) is 12.8 Å². The number of hydrogen-bond donors (Lipinski definition) is 0. The molecule has 0 aliphatic heterocycles. The van der Waals surface area contributed by atoms with Crippen molar-refractivity contribution < 1.29 is 9.32 Å². The van der Waals surface area contributed by atoms with Gasteiger partial charge in [0.15, 0.2) is 0 Å². The van der Waals surface area contributed by atoms with Crippen LogP contribution in [0.3, 0.4) is 0 Å². The number of nitrogens with zero attached hydrogens (tertiary/aromatic N) is 3. The largest absolute Gasteiger partial charge is 0.337 e. The third-order valence-electron chi connectivity index (χ3n) is 3.65. The van der Waals surface area contributed by atoms with Gasteiger partial charge in [-0.15, -0.1) is 11.8 Å². The van der Waals surface area contributed by atoms with Gasteiger partial charge in [0.2, 0.25) is 17.6 Å². The molecule has 2 aromatic carbocycles. The fourth-order valence-corrected chi connectivity index (χ4v) is 3.37. The molecule has 128 valence electrons. The van der Waals surface area contributed by atoms with E-state index in [0.717, 1.165) is 10.5 Å². The molecule has 0 N–H and O–H groups in total. The topological polar surface area (TPSA) is 59.2 Å². The van der Waals surface area contributed by atoms with Gasteiger partial charge in [-0.25, -0.2) is 0 Å². The molecule has 0 saturated carbocycles. The Hall–Kier alpha value is -2.60. The molecule has 0 radical (unpaired) electrons. The zero-order chi connectivity index (χ0) is 17.6. The number of carbonyl (C=O) groups is 1. The molecule has 0 unspecified atom stereocenters. The van der Waals surface area contributed by atoms with Gasteiger partial charge in [0.25, 0.3) is 0 Å². The van der Waals surface area contributed by atoms with Gasteiger partial charge in [-0.1, -0.05) is 53.7 Å². The Bertz CT molecular complexity index is 821. The van der Waals surface area contributed by atoms with Crippen LogP contribution in [0.25, 0.3) is 11.4 Å². The Labute approximate surface area is 151 Å². The Morgan fingerprint density at radius 3 is 2.44 bits per heavy atom. The van der Waals surface area contributed by atoms with Gasteiger partial charge in [0, 0.05) is 17.5 Å².